The van der Waals surface area contributed by atoms with Gasteiger partial charge in [-0.15, -0.1) is 11.3 Å². The summed E-state index contributed by atoms with van der Waals surface area (Å²) in [7, 11) is 0. The summed E-state index contributed by atoms with van der Waals surface area (Å²) >= 11 is 1.87. The summed E-state index contributed by atoms with van der Waals surface area (Å²) in [5.41, 5.74) is 6.97. The van der Waals surface area contributed by atoms with Gasteiger partial charge in [0.05, 0.1) is 0 Å². The third-order valence-corrected chi connectivity index (χ3v) is 11.4. The highest BCUT2D eigenvalue weighted by Crippen LogP contribution is 2.47. The van der Waals surface area contributed by atoms with Crippen molar-refractivity contribution in [3.8, 4) is 22.3 Å². The van der Waals surface area contributed by atoms with Crippen LogP contribution in [-0.2, 0) is 0 Å². The summed E-state index contributed by atoms with van der Waals surface area (Å²) in [6.07, 6.45) is 0. The molecule has 0 atom stereocenters. The first-order valence-electron chi connectivity index (χ1n) is 16.4. The normalized spacial score (nSPS) is 12.2. The van der Waals surface area contributed by atoms with Crippen molar-refractivity contribution in [1.82, 2.24) is 0 Å². The van der Waals surface area contributed by atoms with Crippen LogP contribution in [-0.4, -0.2) is 0 Å². The number of hydrogen-bond acceptors (Lipinski definition) is 2. The Kier molecular flexibility index (Phi) is 5.32. The van der Waals surface area contributed by atoms with E-state index in [9.17, 15) is 0 Å². The van der Waals surface area contributed by atoms with Crippen molar-refractivity contribution in [1.29, 1.82) is 0 Å². The van der Waals surface area contributed by atoms with Gasteiger partial charge in [0.1, 0.15) is 11.2 Å². The van der Waals surface area contributed by atoms with Crippen LogP contribution < -0.4 is 0 Å². The highest BCUT2D eigenvalue weighted by molar-refractivity contribution is 7.26. The molecule has 11 aromatic rings. The average molecular weight is 627 g/mol. The molecule has 0 bridgehead atoms. The van der Waals surface area contributed by atoms with E-state index in [4.69, 9.17) is 4.42 Å². The number of furan rings is 1. The number of fused-ring (bicyclic) bond motifs is 12. The summed E-state index contributed by atoms with van der Waals surface area (Å²) in [6.45, 7) is 0. The van der Waals surface area contributed by atoms with E-state index in [1.54, 1.807) is 0 Å². The molecule has 0 saturated heterocycles. The van der Waals surface area contributed by atoms with Gasteiger partial charge in [0.25, 0.3) is 0 Å². The van der Waals surface area contributed by atoms with Crippen molar-refractivity contribution in [3.05, 3.63) is 158 Å². The van der Waals surface area contributed by atoms with E-state index in [1.165, 1.54) is 96.3 Å². The summed E-state index contributed by atoms with van der Waals surface area (Å²) in [5.74, 6) is 0. The van der Waals surface area contributed by atoms with Crippen molar-refractivity contribution in [2.45, 2.75) is 0 Å². The summed E-state index contributed by atoms with van der Waals surface area (Å²) in [6, 6.07) is 57.8. The molecule has 0 aliphatic rings. The fourth-order valence-corrected chi connectivity index (χ4v) is 9.30. The van der Waals surface area contributed by atoms with Crippen LogP contribution >= 0.6 is 11.3 Å². The molecule has 0 aliphatic carbocycles. The minimum atomic E-state index is 0.936. The van der Waals surface area contributed by atoms with Gasteiger partial charge >= 0.3 is 0 Å². The second-order valence-corrected chi connectivity index (χ2v) is 13.8. The van der Waals surface area contributed by atoms with Crippen LogP contribution in [0.25, 0.3) is 107 Å². The van der Waals surface area contributed by atoms with Crippen LogP contribution in [0.3, 0.4) is 0 Å². The minimum absolute atomic E-state index is 0.936. The minimum Gasteiger partial charge on any atom is -0.455 e. The Hall–Kier alpha value is -5.96. The van der Waals surface area contributed by atoms with Crippen molar-refractivity contribution in [3.63, 3.8) is 0 Å². The standard InChI is InChI=1S/C46H26OS/c1-2-10-29-25-30(18-17-27(29)9-1)42-33-12-3-5-14-35(33)43(36-15-6-4-13-34(36)42)31-21-24-41-39(26-31)38-23-20-28-19-22-37-32-11-7-8-16-40(32)47-45(37)44(28)46(38)48-41/h1-26H. The number of para-hydroxylation sites is 1. The van der Waals surface area contributed by atoms with Gasteiger partial charge in [0.15, 0.2) is 0 Å². The molecule has 0 radical (unpaired) electrons. The molecule has 0 unspecified atom stereocenters. The highest BCUT2D eigenvalue weighted by atomic mass is 32.1. The largest absolute Gasteiger partial charge is 0.455 e. The van der Waals surface area contributed by atoms with Crippen molar-refractivity contribution < 1.29 is 4.42 Å². The maximum absolute atomic E-state index is 6.54. The highest BCUT2D eigenvalue weighted by Gasteiger charge is 2.19. The number of benzene rings is 9. The van der Waals surface area contributed by atoms with Crippen molar-refractivity contribution in [2.75, 3.05) is 0 Å². The topological polar surface area (TPSA) is 13.1 Å². The Labute approximate surface area is 279 Å². The lowest BCUT2D eigenvalue weighted by Gasteiger charge is -2.18. The predicted octanol–water partition coefficient (Wildman–Crippen LogP) is 13.9. The molecule has 2 heterocycles. The molecule has 0 aliphatic heterocycles. The molecule has 9 aromatic carbocycles. The first kappa shape index (κ1) is 26.1. The molecule has 0 N–H and O–H groups in total. The van der Waals surface area contributed by atoms with Crippen LogP contribution in [0.5, 0.6) is 0 Å². The Morgan fingerprint density at radius 2 is 0.938 bits per heavy atom. The molecular formula is C46H26OS. The number of rotatable bonds is 2. The van der Waals surface area contributed by atoms with Crippen LogP contribution in [0.4, 0.5) is 0 Å². The SMILES string of the molecule is c1ccc2cc(-c3c4ccccc4c(-c4ccc5sc6c(ccc7ccc8c9ccccc9oc8c76)c5c4)c4ccccc34)ccc2c1. The lowest BCUT2D eigenvalue weighted by atomic mass is 9.85. The van der Waals surface area contributed by atoms with Crippen LogP contribution in [0, 0.1) is 0 Å². The van der Waals surface area contributed by atoms with Gasteiger partial charge in [0.2, 0.25) is 0 Å². The second kappa shape index (κ2) is 9.78. The van der Waals surface area contributed by atoms with Crippen LogP contribution in [0.15, 0.2) is 162 Å². The molecule has 2 heteroatoms. The average Bonchev–Trinajstić information content (AvgIpc) is 3.71. The predicted molar refractivity (Wildman–Crippen MR) is 208 cm³/mol. The van der Waals surface area contributed by atoms with E-state index in [0.29, 0.717) is 0 Å². The molecule has 1 nitrogen and oxygen atoms in total. The Morgan fingerprint density at radius 3 is 1.67 bits per heavy atom. The molecule has 0 fully saturated rings. The third-order valence-electron chi connectivity index (χ3n) is 10.2. The van der Waals surface area contributed by atoms with E-state index in [0.717, 1.165) is 11.2 Å². The first-order chi connectivity index (χ1) is 23.8. The summed E-state index contributed by atoms with van der Waals surface area (Å²) < 4.78 is 9.11. The van der Waals surface area contributed by atoms with E-state index < -0.39 is 0 Å². The molecule has 222 valence electrons. The quantitative estimate of drug-likeness (QED) is 0.174. The first-order valence-corrected chi connectivity index (χ1v) is 17.2. The zero-order chi connectivity index (χ0) is 31.3. The smallest absolute Gasteiger partial charge is 0.144 e. The molecule has 0 amide bonds. The fraction of sp³-hybridized carbons (Fsp3) is 0. The molecule has 48 heavy (non-hydrogen) atoms. The zero-order valence-corrected chi connectivity index (χ0v) is 26.6. The van der Waals surface area contributed by atoms with Crippen LogP contribution in [0.1, 0.15) is 0 Å². The number of hydrogen-bond donors (Lipinski definition) is 0. The monoisotopic (exact) mass is 626 g/mol. The van der Waals surface area contributed by atoms with Gasteiger partial charge in [-0.05, 0) is 90.3 Å². The Balaban J connectivity index is 1.20. The van der Waals surface area contributed by atoms with E-state index >= 15 is 0 Å². The van der Waals surface area contributed by atoms with E-state index in [2.05, 4.69) is 152 Å². The van der Waals surface area contributed by atoms with E-state index in [-0.39, 0.29) is 0 Å². The Morgan fingerprint density at radius 1 is 0.375 bits per heavy atom. The Bertz CT molecular complexity index is 3060. The molecule has 0 saturated carbocycles. The van der Waals surface area contributed by atoms with Gasteiger partial charge in [-0.2, -0.15) is 0 Å². The van der Waals surface area contributed by atoms with Crippen molar-refractivity contribution >= 4 is 96.5 Å². The molecule has 2 aromatic heterocycles. The van der Waals surface area contributed by atoms with Gasteiger partial charge in [-0.25, -0.2) is 0 Å². The van der Waals surface area contributed by atoms with Gasteiger partial charge in [0, 0.05) is 36.3 Å². The van der Waals surface area contributed by atoms with Gasteiger partial charge < -0.3 is 4.42 Å². The third kappa shape index (κ3) is 3.61. The van der Waals surface area contributed by atoms with Crippen molar-refractivity contribution in [2.24, 2.45) is 0 Å². The lowest BCUT2D eigenvalue weighted by Crippen LogP contribution is -1.91. The van der Waals surface area contributed by atoms with Gasteiger partial charge in [-0.3, -0.25) is 0 Å². The number of thiophene rings is 1. The lowest BCUT2D eigenvalue weighted by molar-refractivity contribution is 0.673. The molecular weight excluding hydrogens is 601 g/mol. The molecule has 0 spiro atoms. The fourth-order valence-electron chi connectivity index (χ4n) is 8.07. The summed E-state index contributed by atoms with van der Waals surface area (Å²) in [4.78, 5) is 0. The summed E-state index contributed by atoms with van der Waals surface area (Å²) in [5, 5.41) is 14.9. The zero-order valence-electron chi connectivity index (χ0n) is 25.8. The maximum atomic E-state index is 6.54. The van der Waals surface area contributed by atoms with Crippen LogP contribution in [0.2, 0.25) is 0 Å². The molecule has 11 rings (SSSR count). The second-order valence-electron chi connectivity index (χ2n) is 12.8. The van der Waals surface area contributed by atoms with Gasteiger partial charge in [-0.1, -0.05) is 127 Å². The van der Waals surface area contributed by atoms with E-state index in [1.807, 2.05) is 17.4 Å². The maximum Gasteiger partial charge on any atom is 0.144 e.